The van der Waals surface area contributed by atoms with Gasteiger partial charge in [0.05, 0.1) is 6.20 Å². The minimum Gasteiger partial charge on any atom is -0.340 e. The van der Waals surface area contributed by atoms with Gasteiger partial charge in [-0.15, -0.1) is 0 Å². The van der Waals surface area contributed by atoms with Gasteiger partial charge in [-0.25, -0.2) is 9.50 Å². The van der Waals surface area contributed by atoms with Crippen molar-refractivity contribution in [3.05, 3.63) is 30.2 Å². The molecule has 3 rings (SSSR count). The number of fused-ring (bicyclic) bond motifs is 1. The molecule has 0 atom stereocenters. The van der Waals surface area contributed by atoms with Crippen molar-refractivity contribution in [1.29, 1.82) is 0 Å². The van der Waals surface area contributed by atoms with Gasteiger partial charge in [0.25, 0.3) is 0 Å². The van der Waals surface area contributed by atoms with Crippen molar-refractivity contribution in [2.75, 3.05) is 26.2 Å². The minimum atomic E-state index is 0.164. The number of hydrogen-bond donors (Lipinski definition) is 0. The van der Waals surface area contributed by atoms with Gasteiger partial charge in [0.2, 0.25) is 5.91 Å². The number of aromatic nitrogens is 3. The third kappa shape index (κ3) is 2.44. The molecule has 0 radical (unpaired) electrons. The number of carbonyl (C=O) groups excluding carboxylic acids is 1. The first-order chi connectivity index (χ1) is 9.24. The Morgan fingerprint density at radius 2 is 2.11 bits per heavy atom. The van der Waals surface area contributed by atoms with Crippen molar-refractivity contribution < 1.29 is 4.79 Å². The van der Waals surface area contributed by atoms with E-state index in [2.05, 4.69) is 15.0 Å². The van der Waals surface area contributed by atoms with E-state index in [-0.39, 0.29) is 5.91 Å². The van der Waals surface area contributed by atoms with Gasteiger partial charge in [-0.3, -0.25) is 9.69 Å². The van der Waals surface area contributed by atoms with E-state index in [1.807, 2.05) is 23.4 Å². The van der Waals surface area contributed by atoms with Crippen molar-refractivity contribution in [2.24, 2.45) is 0 Å². The Morgan fingerprint density at radius 3 is 2.84 bits per heavy atom. The molecule has 1 aliphatic heterocycles. The van der Waals surface area contributed by atoms with Crippen molar-refractivity contribution in [1.82, 2.24) is 24.4 Å². The Labute approximate surface area is 111 Å². The Bertz CT molecular complexity index is 585. The van der Waals surface area contributed by atoms with Crippen molar-refractivity contribution in [2.45, 2.75) is 13.5 Å². The van der Waals surface area contributed by atoms with Gasteiger partial charge in [-0.05, 0) is 6.07 Å². The van der Waals surface area contributed by atoms with Crippen LogP contribution < -0.4 is 0 Å². The molecule has 0 aliphatic carbocycles. The number of amides is 1. The molecule has 100 valence electrons. The third-order valence-corrected chi connectivity index (χ3v) is 3.56. The number of nitrogens with zero attached hydrogens (tertiary/aromatic N) is 5. The van der Waals surface area contributed by atoms with Gasteiger partial charge in [-0.1, -0.05) is 0 Å². The monoisotopic (exact) mass is 259 g/mol. The molecule has 0 N–H and O–H groups in total. The molecule has 6 nitrogen and oxygen atoms in total. The minimum absolute atomic E-state index is 0.164. The Kier molecular flexibility index (Phi) is 3.16. The highest BCUT2D eigenvalue weighted by molar-refractivity contribution is 5.73. The second kappa shape index (κ2) is 4.97. The van der Waals surface area contributed by atoms with E-state index in [0.29, 0.717) is 0 Å². The average molecular weight is 259 g/mol. The van der Waals surface area contributed by atoms with Crippen molar-refractivity contribution >= 4 is 11.6 Å². The predicted octanol–water partition coefficient (Wildman–Crippen LogP) is 0.393. The van der Waals surface area contributed by atoms with E-state index in [1.165, 1.54) is 0 Å². The summed E-state index contributed by atoms with van der Waals surface area (Å²) in [6.07, 6.45) is 5.56. The van der Waals surface area contributed by atoms with E-state index in [1.54, 1.807) is 17.6 Å². The Hall–Kier alpha value is -1.95. The predicted molar refractivity (Wildman–Crippen MR) is 70.5 cm³/mol. The molecular formula is C13H17N5O. The molecular weight excluding hydrogens is 242 g/mol. The van der Waals surface area contributed by atoms with E-state index < -0.39 is 0 Å². The van der Waals surface area contributed by atoms with Crippen LogP contribution in [0.5, 0.6) is 0 Å². The van der Waals surface area contributed by atoms with E-state index in [9.17, 15) is 4.79 Å². The molecule has 0 aromatic carbocycles. The molecule has 0 saturated carbocycles. The molecule has 2 aromatic rings. The lowest BCUT2D eigenvalue weighted by Gasteiger charge is -2.33. The quantitative estimate of drug-likeness (QED) is 0.783. The summed E-state index contributed by atoms with van der Waals surface area (Å²) in [5.41, 5.74) is 2.05. The van der Waals surface area contributed by atoms with E-state index in [0.717, 1.165) is 43.9 Å². The summed E-state index contributed by atoms with van der Waals surface area (Å²) in [6, 6.07) is 1.87. The largest absolute Gasteiger partial charge is 0.340 e. The van der Waals surface area contributed by atoms with Crippen LogP contribution in [0.1, 0.15) is 12.5 Å². The molecule has 0 spiro atoms. The normalized spacial score (nSPS) is 17.0. The maximum absolute atomic E-state index is 11.3. The van der Waals surface area contributed by atoms with Gasteiger partial charge in [0, 0.05) is 57.6 Å². The van der Waals surface area contributed by atoms with Gasteiger partial charge in [0.1, 0.15) is 0 Å². The summed E-state index contributed by atoms with van der Waals surface area (Å²) in [5.74, 6) is 0.164. The number of piperazine rings is 1. The molecule has 3 heterocycles. The summed E-state index contributed by atoms with van der Waals surface area (Å²) in [6.45, 7) is 5.90. The van der Waals surface area contributed by atoms with Crippen molar-refractivity contribution in [3.63, 3.8) is 0 Å². The maximum Gasteiger partial charge on any atom is 0.219 e. The lowest BCUT2D eigenvalue weighted by Crippen LogP contribution is -2.47. The maximum atomic E-state index is 11.3. The second-order valence-electron chi connectivity index (χ2n) is 4.84. The first-order valence-electron chi connectivity index (χ1n) is 6.49. The number of carbonyl (C=O) groups is 1. The van der Waals surface area contributed by atoms with Crippen LogP contribution in [-0.4, -0.2) is 56.5 Å². The van der Waals surface area contributed by atoms with Crippen LogP contribution in [0.25, 0.3) is 5.65 Å². The molecule has 19 heavy (non-hydrogen) atoms. The fourth-order valence-corrected chi connectivity index (χ4v) is 2.45. The van der Waals surface area contributed by atoms with Crippen LogP contribution in [0.4, 0.5) is 0 Å². The number of rotatable bonds is 2. The van der Waals surface area contributed by atoms with Crippen LogP contribution in [0, 0.1) is 0 Å². The van der Waals surface area contributed by atoms with E-state index >= 15 is 0 Å². The fraction of sp³-hybridized carbons (Fsp3) is 0.462. The van der Waals surface area contributed by atoms with Crippen LogP contribution in [-0.2, 0) is 11.3 Å². The highest BCUT2D eigenvalue weighted by Crippen LogP contribution is 2.12. The average Bonchev–Trinajstić information content (AvgIpc) is 2.83. The molecule has 1 fully saturated rings. The van der Waals surface area contributed by atoms with Crippen LogP contribution in [0.15, 0.2) is 24.7 Å². The number of hydrogen-bond acceptors (Lipinski definition) is 4. The molecule has 0 unspecified atom stereocenters. The zero-order chi connectivity index (χ0) is 13.2. The zero-order valence-corrected chi connectivity index (χ0v) is 11.0. The van der Waals surface area contributed by atoms with Gasteiger partial charge >= 0.3 is 0 Å². The van der Waals surface area contributed by atoms with Gasteiger partial charge in [0.15, 0.2) is 5.65 Å². The van der Waals surface area contributed by atoms with Crippen molar-refractivity contribution in [3.8, 4) is 0 Å². The Morgan fingerprint density at radius 1 is 1.32 bits per heavy atom. The lowest BCUT2D eigenvalue weighted by atomic mass is 10.2. The summed E-state index contributed by atoms with van der Waals surface area (Å²) in [7, 11) is 0. The summed E-state index contributed by atoms with van der Waals surface area (Å²) in [4.78, 5) is 19.9. The van der Waals surface area contributed by atoms with Crippen LogP contribution in [0.2, 0.25) is 0 Å². The third-order valence-electron chi connectivity index (χ3n) is 3.56. The smallest absolute Gasteiger partial charge is 0.219 e. The lowest BCUT2D eigenvalue weighted by molar-refractivity contribution is -0.130. The van der Waals surface area contributed by atoms with E-state index in [4.69, 9.17) is 0 Å². The fourth-order valence-electron chi connectivity index (χ4n) is 2.45. The summed E-state index contributed by atoms with van der Waals surface area (Å²) < 4.78 is 1.79. The summed E-state index contributed by atoms with van der Waals surface area (Å²) in [5, 5.41) is 4.29. The second-order valence-corrected chi connectivity index (χ2v) is 4.84. The topological polar surface area (TPSA) is 53.7 Å². The summed E-state index contributed by atoms with van der Waals surface area (Å²) >= 11 is 0. The molecule has 2 aromatic heterocycles. The SMILES string of the molecule is CC(=O)N1CCN(Cc2cnn3cccnc23)CC1. The van der Waals surface area contributed by atoms with Crippen LogP contribution in [0.3, 0.4) is 0 Å². The Balaban J connectivity index is 1.68. The highest BCUT2D eigenvalue weighted by Gasteiger charge is 2.19. The molecule has 0 bridgehead atoms. The van der Waals surface area contributed by atoms with Gasteiger partial charge in [-0.2, -0.15) is 5.10 Å². The highest BCUT2D eigenvalue weighted by atomic mass is 16.2. The van der Waals surface area contributed by atoms with Gasteiger partial charge < -0.3 is 4.90 Å². The zero-order valence-electron chi connectivity index (χ0n) is 11.0. The first-order valence-corrected chi connectivity index (χ1v) is 6.49. The molecule has 1 saturated heterocycles. The molecule has 1 amide bonds. The molecule has 6 heteroatoms. The van der Waals surface area contributed by atoms with Crippen LogP contribution >= 0.6 is 0 Å². The standard InChI is InChI=1S/C13H17N5O/c1-11(19)17-7-5-16(6-8-17)10-12-9-15-18-4-2-3-14-13(12)18/h2-4,9H,5-8,10H2,1H3. The first kappa shape index (κ1) is 12.1. The molecule has 1 aliphatic rings.